The molecule has 0 saturated heterocycles. The molecule has 3 aromatic carbocycles. The van der Waals surface area contributed by atoms with Crippen LogP contribution in [0, 0.1) is 0 Å². The molecule has 9 heteroatoms. The number of halogens is 3. The van der Waals surface area contributed by atoms with Gasteiger partial charge in [-0.1, -0.05) is 42.5 Å². The van der Waals surface area contributed by atoms with Gasteiger partial charge < -0.3 is 15.2 Å². The summed E-state index contributed by atoms with van der Waals surface area (Å²) in [7, 11) is 1.92. The maximum atomic E-state index is 13.3. The quantitative estimate of drug-likeness (QED) is 0.309. The number of aryl methyl sites for hydroxylation is 1. The molecule has 0 spiro atoms. The van der Waals surface area contributed by atoms with Crippen molar-refractivity contribution in [3.05, 3.63) is 95.9 Å². The van der Waals surface area contributed by atoms with Crippen molar-refractivity contribution in [1.82, 2.24) is 14.5 Å². The van der Waals surface area contributed by atoms with Crippen LogP contribution in [-0.2, 0) is 30.9 Å². The summed E-state index contributed by atoms with van der Waals surface area (Å²) in [4.78, 5) is 23.6. The highest BCUT2D eigenvalue weighted by molar-refractivity contribution is 6.02. The van der Waals surface area contributed by atoms with Gasteiger partial charge in [-0.25, -0.2) is 9.97 Å². The molecule has 0 aliphatic carbocycles. The van der Waals surface area contributed by atoms with Crippen LogP contribution in [-0.4, -0.2) is 27.0 Å². The second-order valence-electron chi connectivity index (χ2n) is 9.70. The third-order valence-electron chi connectivity index (χ3n) is 7.20. The van der Waals surface area contributed by atoms with Crippen molar-refractivity contribution in [2.24, 2.45) is 7.05 Å². The summed E-state index contributed by atoms with van der Waals surface area (Å²) < 4.78 is 40.7. The second-order valence-corrected chi connectivity index (χ2v) is 9.70. The molecule has 2 N–H and O–H groups in total. The summed E-state index contributed by atoms with van der Waals surface area (Å²) in [5, 5.41) is 0.804. The maximum Gasteiger partial charge on any atom is 0.416 e. The highest BCUT2D eigenvalue weighted by Crippen LogP contribution is 2.37. The van der Waals surface area contributed by atoms with E-state index in [9.17, 15) is 18.0 Å². The molecule has 1 aliphatic rings. The van der Waals surface area contributed by atoms with E-state index in [0.29, 0.717) is 17.9 Å². The fourth-order valence-corrected chi connectivity index (χ4v) is 5.26. The molecular formula is C30H24F3N5O. The summed E-state index contributed by atoms with van der Waals surface area (Å²) in [5.74, 6) is 0.389. The van der Waals surface area contributed by atoms with Crippen LogP contribution in [0.15, 0.2) is 79.3 Å². The Kier molecular flexibility index (Phi) is 5.86. The van der Waals surface area contributed by atoms with Gasteiger partial charge in [0, 0.05) is 31.0 Å². The normalized spacial score (nSPS) is 13.2. The maximum absolute atomic E-state index is 13.3. The number of fused-ring (bicyclic) bond motifs is 2. The van der Waals surface area contributed by atoms with Gasteiger partial charge in [-0.3, -0.25) is 4.79 Å². The Hall–Kier alpha value is -4.66. The Morgan fingerprint density at radius 3 is 2.51 bits per heavy atom. The van der Waals surface area contributed by atoms with Gasteiger partial charge in [0.2, 0.25) is 5.91 Å². The van der Waals surface area contributed by atoms with Gasteiger partial charge in [-0.05, 0) is 58.5 Å². The molecule has 1 amide bonds. The zero-order valence-corrected chi connectivity index (χ0v) is 21.0. The largest absolute Gasteiger partial charge is 0.416 e. The van der Waals surface area contributed by atoms with Crippen molar-refractivity contribution in [2.45, 2.75) is 19.0 Å². The van der Waals surface area contributed by atoms with E-state index in [1.807, 2.05) is 54.2 Å². The van der Waals surface area contributed by atoms with E-state index >= 15 is 0 Å². The number of anilines is 2. The zero-order valence-electron chi connectivity index (χ0n) is 21.0. The van der Waals surface area contributed by atoms with Crippen LogP contribution in [0.25, 0.3) is 33.3 Å². The molecule has 5 aromatic rings. The lowest BCUT2D eigenvalue weighted by Gasteiger charge is -2.18. The van der Waals surface area contributed by atoms with Gasteiger partial charge in [0.15, 0.2) is 0 Å². The number of nitrogen functional groups attached to an aromatic ring is 1. The van der Waals surface area contributed by atoms with Crippen LogP contribution < -0.4 is 10.6 Å². The van der Waals surface area contributed by atoms with Crippen molar-refractivity contribution in [2.75, 3.05) is 17.2 Å². The fourth-order valence-electron chi connectivity index (χ4n) is 5.26. The predicted octanol–water partition coefficient (Wildman–Crippen LogP) is 6.04. The minimum Gasteiger partial charge on any atom is -0.383 e. The van der Waals surface area contributed by atoms with Gasteiger partial charge in [0.05, 0.1) is 17.4 Å². The molecule has 39 heavy (non-hydrogen) atoms. The number of aromatic nitrogens is 3. The number of hydrogen-bond acceptors (Lipinski definition) is 4. The van der Waals surface area contributed by atoms with Crippen LogP contribution in [0.5, 0.6) is 0 Å². The van der Waals surface area contributed by atoms with E-state index in [1.165, 1.54) is 18.5 Å². The number of hydrogen-bond donors (Lipinski definition) is 1. The molecule has 6 nitrogen and oxygen atoms in total. The summed E-state index contributed by atoms with van der Waals surface area (Å²) in [5.41, 5.74) is 12.3. The Morgan fingerprint density at radius 2 is 1.74 bits per heavy atom. The second kappa shape index (κ2) is 9.27. The lowest BCUT2D eigenvalue weighted by atomic mass is 10.00. The summed E-state index contributed by atoms with van der Waals surface area (Å²) in [6, 6.07) is 18.4. The Balaban J connectivity index is 1.22. The SMILES string of the molecule is Cn1cc(-c2ccc3c(c2)CCN3C(=O)Cc2cccc(-c3ccc(C(F)(F)F)cc3)c2)c2c(N)ncnc21. The first kappa shape index (κ1) is 24.7. The highest BCUT2D eigenvalue weighted by Gasteiger charge is 2.30. The minimum atomic E-state index is -4.38. The number of benzene rings is 3. The standard InChI is InChI=1S/C30H24F3N5O/c1-37-16-24(27-28(34)35-17-36-29(27)37)21-7-10-25-22(15-21)11-12-38(25)26(39)14-18-3-2-4-20(13-18)19-5-8-23(9-6-19)30(31,32)33/h2-10,13,15-17H,11-12,14H2,1H3,(H2,34,35,36). The lowest BCUT2D eigenvalue weighted by molar-refractivity contribution is -0.137. The van der Waals surface area contributed by atoms with Crippen molar-refractivity contribution in [3.63, 3.8) is 0 Å². The number of alkyl halides is 3. The van der Waals surface area contributed by atoms with Crippen LogP contribution in [0.4, 0.5) is 24.7 Å². The summed E-state index contributed by atoms with van der Waals surface area (Å²) in [6.07, 6.45) is -0.0217. The summed E-state index contributed by atoms with van der Waals surface area (Å²) >= 11 is 0. The topological polar surface area (TPSA) is 77.0 Å². The monoisotopic (exact) mass is 527 g/mol. The minimum absolute atomic E-state index is 0.0334. The average molecular weight is 528 g/mol. The van der Waals surface area contributed by atoms with E-state index in [2.05, 4.69) is 16.0 Å². The molecule has 0 bridgehead atoms. The van der Waals surface area contributed by atoms with Crippen LogP contribution >= 0.6 is 0 Å². The zero-order chi connectivity index (χ0) is 27.3. The number of rotatable bonds is 4. The van der Waals surface area contributed by atoms with Crippen LogP contribution in [0.1, 0.15) is 16.7 Å². The van der Waals surface area contributed by atoms with Crippen molar-refractivity contribution < 1.29 is 18.0 Å². The molecule has 0 radical (unpaired) electrons. The third kappa shape index (κ3) is 4.50. The number of carbonyl (C=O) groups is 1. The molecule has 2 aromatic heterocycles. The van der Waals surface area contributed by atoms with Crippen molar-refractivity contribution in [1.29, 1.82) is 0 Å². The molecule has 3 heterocycles. The molecule has 196 valence electrons. The highest BCUT2D eigenvalue weighted by atomic mass is 19.4. The average Bonchev–Trinajstić information content (AvgIpc) is 3.50. The lowest BCUT2D eigenvalue weighted by Crippen LogP contribution is -2.30. The Labute approximate surface area is 222 Å². The molecule has 0 atom stereocenters. The Bertz CT molecular complexity index is 1720. The molecule has 0 fully saturated rings. The fraction of sp³-hybridized carbons (Fsp3) is 0.167. The number of nitrogens with two attached hydrogens (primary N) is 1. The van der Waals surface area contributed by atoms with Gasteiger partial charge in [-0.15, -0.1) is 0 Å². The number of nitrogens with zero attached hydrogens (tertiary/aromatic N) is 4. The molecule has 1 aliphatic heterocycles. The third-order valence-corrected chi connectivity index (χ3v) is 7.20. The first-order valence-electron chi connectivity index (χ1n) is 12.4. The predicted molar refractivity (Wildman–Crippen MR) is 145 cm³/mol. The first-order chi connectivity index (χ1) is 18.7. The van der Waals surface area contributed by atoms with Gasteiger partial charge in [-0.2, -0.15) is 13.2 Å². The van der Waals surface area contributed by atoms with E-state index in [0.717, 1.165) is 63.1 Å². The van der Waals surface area contributed by atoms with Gasteiger partial charge in [0.25, 0.3) is 0 Å². The molecule has 0 saturated carbocycles. The van der Waals surface area contributed by atoms with Gasteiger partial charge >= 0.3 is 6.18 Å². The molecule has 6 rings (SSSR count). The van der Waals surface area contributed by atoms with Crippen molar-refractivity contribution >= 4 is 28.4 Å². The molecular weight excluding hydrogens is 503 g/mol. The first-order valence-corrected chi connectivity index (χ1v) is 12.4. The Morgan fingerprint density at radius 1 is 0.974 bits per heavy atom. The van der Waals surface area contributed by atoms with E-state index in [1.54, 1.807) is 4.90 Å². The van der Waals surface area contributed by atoms with Crippen LogP contribution in [0.3, 0.4) is 0 Å². The molecule has 0 unspecified atom stereocenters. The number of amides is 1. The van der Waals surface area contributed by atoms with E-state index < -0.39 is 11.7 Å². The van der Waals surface area contributed by atoms with Crippen LogP contribution in [0.2, 0.25) is 0 Å². The van der Waals surface area contributed by atoms with Gasteiger partial charge in [0.1, 0.15) is 17.8 Å². The summed E-state index contributed by atoms with van der Waals surface area (Å²) in [6.45, 7) is 0.580. The number of carbonyl (C=O) groups excluding carboxylic acids is 1. The van der Waals surface area contributed by atoms with Crippen molar-refractivity contribution in [3.8, 4) is 22.3 Å². The van der Waals surface area contributed by atoms with E-state index in [-0.39, 0.29) is 12.3 Å². The smallest absolute Gasteiger partial charge is 0.383 e. The van der Waals surface area contributed by atoms with E-state index in [4.69, 9.17) is 5.73 Å².